The number of nitrogens with one attached hydrogen (secondary N) is 1. The van der Waals surface area contributed by atoms with E-state index in [0.717, 1.165) is 19.2 Å². The lowest BCUT2D eigenvalue weighted by Gasteiger charge is -2.13. The van der Waals surface area contributed by atoms with Crippen LogP contribution in [0, 0.1) is 0 Å². The first kappa shape index (κ1) is 17.1. The van der Waals surface area contributed by atoms with Gasteiger partial charge in [0.05, 0.1) is 27.5 Å². The predicted molar refractivity (Wildman–Crippen MR) is 92.2 cm³/mol. The highest BCUT2D eigenvalue weighted by atomic mass is 79.9. The number of anilines is 1. The summed E-state index contributed by atoms with van der Waals surface area (Å²) in [6.07, 6.45) is 1.77. The maximum absolute atomic E-state index is 11.8. The number of thioether (sulfide) groups is 1. The van der Waals surface area contributed by atoms with Crippen molar-refractivity contribution in [2.24, 2.45) is 0 Å². The molecule has 1 N–H and O–H groups in total. The van der Waals surface area contributed by atoms with Crippen molar-refractivity contribution in [1.82, 2.24) is 0 Å². The summed E-state index contributed by atoms with van der Waals surface area (Å²) in [5.74, 6) is 1.75. The third-order valence-corrected chi connectivity index (χ3v) is 5.75. The number of rotatable bonds is 6. The monoisotopic (exact) mass is 471 g/mol. The average Bonchev–Trinajstić information content (AvgIpc) is 2.39. The average molecular weight is 474 g/mol. The van der Waals surface area contributed by atoms with Gasteiger partial charge in [0.2, 0.25) is 5.91 Å². The van der Waals surface area contributed by atoms with Crippen LogP contribution in [-0.4, -0.2) is 24.5 Å². The van der Waals surface area contributed by atoms with Crippen molar-refractivity contribution in [2.45, 2.75) is 0 Å². The molecule has 0 spiro atoms. The fourth-order valence-electron chi connectivity index (χ4n) is 1.25. The lowest BCUT2D eigenvalue weighted by atomic mass is 10.3. The Bertz CT molecular complexity index is 494. The van der Waals surface area contributed by atoms with E-state index < -0.39 is 0 Å². The normalized spacial score (nSPS) is 10.1. The van der Waals surface area contributed by atoms with Crippen molar-refractivity contribution < 1.29 is 9.53 Å². The van der Waals surface area contributed by atoms with Gasteiger partial charge in [0, 0.05) is 10.2 Å². The molecular weight excluding hydrogens is 462 g/mol. The fourth-order valence-corrected chi connectivity index (χ4v) is 3.54. The van der Waals surface area contributed by atoms with E-state index in [-0.39, 0.29) is 5.91 Å². The van der Waals surface area contributed by atoms with E-state index in [9.17, 15) is 4.79 Å². The molecule has 1 aromatic rings. The minimum atomic E-state index is -0.0645. The first-order chi connectivity index (χ1) is 9.01. The molecule has 0 aliphatic rings. The van der Waals surface area contributed by atoms with Gasteiger partial charge in [-0.05, 0) is 53.9 Å². The van der Waals surface area contributed by atoms with Gasteiger partial charge in [-0.25, -0.2) is 0 Å². The predicted octanol–water partition coefficient (Wildman–Crippen LogP) is 4.84. The molecule has 0 bridgehead atoms. The van der Waals surface area contributed by atoms with Gasteiger partial charge in [0.25, 0.3) is 0 Å². The van der Waals surface area contributed by atoms with Crippen molar-refractivity contribution in [3.8, 4) is 5.75 Å². The van der Waals surface area contributed by atoms with Crippen LogP contribution < -0.4 is 10.1 Å². The molecule has 1 amide bonds. The summed E-state index contributed by atoms with van der Waals surface area (Å²) in [5.41, 5.74) is 0.678. The zero-order valence-corrected chi connectivity index (χ0v) is 15.7. The Morgan fingerprint density at radius 2 is 2.16 bits per heavy atom. The van der Waals surface area contributed by atoms with Crippen LogP contribution in [0.2, 0.25) is 0 Å². The van der Waals surface area contributed by atoms with Gasteiger partial charge in [-0.1, -0.05) is 6.08 Å². The Morgan fingerprint density at radius 3 is 2.74 bits per heavy atom. The van der Waals surface area contributed by atoms with E-state index >= 15 is 0 Å². The first-order valence-electron chi connectivity index (χ1n) is 5.21. The number of benzene rings is 1. The number of carbonyl (C=O) groups excluding carboxylic acids is 1. The Kier molecular flexibility index (Phi) is 7.49. The second-order valence-electron chi connectivity index (χ2n) is 3.42. The maximum atomic E-state index is 11.8. The van der Waals surface area contributed by atoms with E-state index in [1.807, 2.05) is 0 Å². The zero-order chi connectivity index (χ0) is 14.4. The first-order valence-corrected chi connectivity index (χ1v) is 8.74. The molecular formula is C12H12Br3NO2S. The second-order valence-corrected chi connectivity index (χ2v) is 6.89. The van der Waals surface area contributed by atoms with Gasteiger partial charge >= 0.3 is 0 Å². The highest BCUT2D eigenvalue weighted by molar-refractivity contribution is 9.13. The van der Waals surface area contributed by atoms with Gasteiger partial charge in [0.1, 0.15) is 5.75 Å². The van der Waals surface area contributed by atoms with Gasteiger partial charge in [-0.3, -0.25) is 4.79 Å². The van der Waals surface area contributed by atoms with Crippen molar-refractivity contribution in [3.05, 3.63) is 32.1 Å². The minimum absolute atomic E-state index is 0.0645. The Morgan fingerprint density at radius 1 is 1.47 bits per heavy atom. The van der Waals surface area contributed by atoms with Crippen molar-refractivity contribution in [1.29, 1.82) is 0 Å². The third kappa shape index (κ3) is 4.81. The van der Waals surface area contributed by atoms with Crippen LogP contribution in [0.1, 0.15) is 0 Å². The summed E-state index contributed by atoms with van der Waals surface area (Å²) in [7, 11) is 1.59. The molecule has 3 nitrogen and oxygen atoms in total. The molecule has 0 fully saturated rings. The van der Waals surface area contributed by atoms with Crippen LogP contribution in [0.4, 0.5) is 5.69 Å². The summed E-state index contributed by atoms with van der Waals surface area (Å²) < 4.78 is 7.46. The lowest BCUT2D eigenvalue weighted by Crippen LogP contribution is -2.15. The molecule has 0 saturated carbocycles. The van der Waals surface area contributed by atoms with Crippen LogP contribution in [-0.2, 0) is 4.79 Å². The molecule has 0 saturated heterocycles. The minimum Gasteiger partial charge on any atom is -0.495 e. The molecule has 0 aliphatic carbocycles. The summed E-state index contributed by atoms with van der Waals surface area (Å²) in [6.45, 7) is 3.61. The van der Waals surface area contributed by atoms with Crippen LogP contribution in [0.3, 0.4) is 0 Å². The number of ether oxygens (including phenoxy) is 1. The largest absolute Gasteiger partial charge is 0.495 e. The molecule has 0 radical (unpaired) electrons. The van der Waals surface area contributed by atoms with E-state index in [2.05, 4.69) is 59.7 Å². The summed E-state index contributed by atoms with van der Waals surface area (Å²) in [5, 5.41) is 2.86. The Balaban J connectivity index is 2.86. The van der Waals surface area contributed by atoms with E-state index in [1.165, 1.54) is 11.8 Å². The number of methoxy groups -OCH3 is 1. The molecule has 7 heteroatoms. The molecule has 1 rings (SSSR count). The number of hydrogen-bond acceptors (Lipinski definition) is 3. The number of amides is 1. The van der Waals surface area contributed by atoms with E-state index in [0.29, 0.717) is 17.2 Å². The van der Waals surface area contributed by atoms with Crippen LogP contribution in [0.25, 0.3) is 0 Å². The Labute approximate surface area is 141 Å². The summed E-state index contributed by atoms with van der Waals surface area (Å²) in [4.78, 5) is 11.8. The zero-order valence-electron chi connectivity index (χ0n) is 10.1. The number of hydrogen-bond donors (Lipinski definition) is 1. The smallest absolute Gasteiger partial charge is 0.234 e. The van der Waals surface area contributed by atoms with E-state index in [4.69, 9.17) is 4.74 Å². The number of halogens is 3. The molecule has 104 valence electrons. The fraction of sp³-hybridized carbons (Fsp3) is 0.250. The summed E-state index contributed by atoms with van der Waals surface area (Å²) in [6, 6.07) is 1.79. The topological polar surface area (TPSA) is 38.3 Å². The number of carbonyl (C=O) groups is 1. The van der Waals surface area contributed by atoms with Crippen LogP contribution in [0.5, 0.6) is 5.75 Å². The van der Waals surface area contributed by atoms with Gasteiger partial charge in [-0.15, -0.1) is 18.3 Å². The third-order valence-electron chi connectivity index (χ3n) is 2.08. The lowest BCUT2D eigenvalue weighted by molar-refractivity contribution is -0.113. The van der Waals surface area contributed by atoms with Gasteiger partial charge < -0.3 is 10.1 Å². The van der Waals surface area contributed by atoms with Crippen molar-refractivity contribution in [3.63, 3.8) is 0 Å². The molecule has 0 unspecified atom stereocenters. The van der Waals surface area contributed by atoms with Gasteiger partial charge in [0.15, 0.2) is 0 Å². The highest BCUT2D eigenvalue weighted by Gasteiger charge is 2.16. The molecule has 0 atom stereocenters. The molecule has 0 heterocycles. The van der Waals surface area contributed by atoms with Crippen LogP contribution in [0.15, 0.2) is 32.1 Å². The second kappa shape index (κ2) is 8.34. The Hall–Kier alpha value is 0.0200. The molecule has 1 aromatic carbocycles. The molecule has 0 aromatic heterocycles. The van der Waals surface area contributed by atoms with Gasteiger partial charge in [-0.2, -0.15) is 0 Å². The van der Waals surface area contributed by atoms with Crippen molar-refractivity contribution in [2.75, 3.05) is 23.9 Å². The maximum Gasteiger partial charge on any atom is 0.234 e. The molecule has 0 aliphatic heterocycles. The SMILES string of the molecule is C=CCSCC(=O)Nc1c(Br)cc(OC)c(Br)c1Br. The van der Waals surface area contributed by atoms with Crippen LogP contribution >= 0.6 is 59.6 Å². The van der Waals surface area contributed by atoms with Crippen molar-refractivity contribution >= 4 is 71.1 Å². The molecule has 19 heavy (non-hydrogen) atoms. The standard InChI is InChI=1S/C12H12Br3NO2S/c1-3-4-19-6-9(17)16-12-7(13)5-8(18-2)10(14)11(12)15/h3,5H,1,4,6H2,2H3,(H,16,17). The summed E-state index contributed by atoms with van der Waals surface area (Å²) >= 11 is 11.8. The quantitative estimate of drug-likeness (QED) is 0.365. The van der Waals surface area contributed by atoms with E-state index in [1.54, 1.807) is 19.3 Å². The highest BCUT2D eigenvalue weighted by Crippen LogP contribution is 2.42.